The highest BCUT2D eigenvalue weighted by molar-refractivity contribution is 5.29. The Labute approximate surface area is 208 Å². The molecule has 0 unspecified atom stereocenters. The Morgan fingerprint density at radius 3 is 1.79 bits per heavy atom. The highest BCUT2D eigenvalue weighted by Gasteiger charge is 2.30. The molecule has 4 rings (SSSR count). The van der Waals surface area contributed by atoms with Gasteiger partial charge >= 0.3 is 0 Å². The van der Waals surface area contributed by atoms with Crippen LogP contribution in [0.3, 0.4) is 0 Å². The topological polar surface area (TPSA) is 0 Å². The van der Waals surface area contributed by atoms with Crippen LogP contribution in [0.4, 0.5) is 8.78 Å². The molecule has 3 aliphatic carbocycles. The standard InChI is InChI=1S/C32H48F2/c1-3-5-23-9-15-26(16-10-23)27-17-11-24(12-18-27)7-8-25-13-19-28(20-14-25)30-22-21-29(6-4-2)31(33)32(30)34/h7-8,21-28H,3-6,9-20H2,1-2H3/b8-7+. The van der Waals surface area contributed by atoms with Gasteiger partial charge in [-0.3, -0.25) is 0 Å². The molecular weight excluding hydrogens is 422 g/mol. The average Bonchev–Trinajstić information content (AvgIpc) is 2.87. The number of allylic oxidation sites excluding steroid dienone is 2. The fourth-order valence-corrected chi connectivity index (χ4v) is 7.48. The quantitative estimate of drug-likeness (QED) is 0.331. The maximum absolute atomic E-state index is 14.7. The second kappa shape index (κ2) is 12.7. The number of rotatable bonds is 8. The van der Waals surface area contributed by atoms with Crippen LogP contribution in [0.25, 0.3) is 0 Å². The molecule has 3 saturated carbocycles. The maximum atomic E-state index is 14.7. The summed E-state index contributed by atoms with van der Waals surface area (Å²) >= 11 is 0. The van der Waals surface area contributed by atoms with Crippen LogP contribution in [-0.2, 0) is 6.42 Å². The Morgan fingerprint density at radius 1 is 0.676 bits per heavy atom. The van der Waals surface area contributed by atoms with Gasteiger partial charge in [0.25, 0.3) is 0 Å². The third kappa shape index (κ3) is 6.52. The molecule has 0 radical (unpaired) electrons. The van der Waals surface area contributed by atoms with Gasteiger partial charge in [0.15, 0.2) is 11.6 Å². The van der Waals surface area contributed by atoms with Gasteiger partial charge in [-0.1, -0.05) is 70.2 Å². The summed E-state index contributed by atoms with van der Waals surface area (Å²) in [5.41, 5.74) is 1.14. The van der Waals surface area contributed by atoms with Crippen molar-refractivity contribution in [3.63, 3.8) is 0 Å². The van der Waals surface area contributed by atoms with E-state index in [0.717, 1.165) is 55.8 Å². The summed E-state index contributed by atoms with van der Waals surface area (Å²) in [4.78, 5) is 0. The van der Waals surface area contributed by atoms with Gasteiger partial charge < -0.3 is 0 Å². The lowest BCUT2D eigenvalue weighted by Crippen LogP contribution is -2.25. The molecule has 0 N–H and O–H groups in total. The Kier molecular flexibility index (Phi) is 9.66. The minimum Gasteiger partial charge on any atom is -0.203 e. The maximum Gasteiger partial charge on any atom is 0.162 e. The lowest BCUT2D eigenvalue weighted by molar-refractivity contribution is 0.152. The van der Waals surface area contributed by atoms with E-state index in [1.165, 1.54) is 64.2 Å². The molecule has 34 heavy (non-hydrogen) atoms. The molecule has 0 amide bonds. The lowest BCUT2D eigenvalue weighted by atomic mass is 9.68. The molecule has 0 aromatic heterocycles. The third-order valence-electron chi connectivity index (χ3n) is 9.65. The molecule has 1 aromatic carbocycles. The first kappa shape index (κ1) is 25.9. The van der Waals surface area contributed by atoms with Gasteiger partial charge in [0.05, 0.1) is 0 Å². The largest absolute Gasteiger partial charge is 0.203 e. The van der Waals surface area contributed by atoms with Crippen LogP contribution in [0.1, 0.15) is 127 Å². The molecule has 190 valence electrons. The van der Waals surface area contributed by atoms with Crippen molar-refractivity contribution < 1.29 is 8.78 Å². The van der Waals surface area contributed by atoms with Crippen molar-refractivity contribution in [3.05, 3.63) is 47.0 Å². The summed E-state index contributed by atoms with van der Waals surface area (Å²) in [5.74, 6) is 3.39. The van der Waals surface area contributed by atoms with Crippen LogP contribution in [-0.4, -0.2) is 0 Å². The first-order valence-corrected chi connectivity index (χ1v) is 14.7. The molecule has 1 aromatic rings. The van der Waals surface area contributed by atoms with Crippen molar-refractivity contribution >= 4 is 0 Å². The molecular formula is C32H48F2. The van der Waals surface area contributed by atoms with E-state index in [1.807, 2.05) is 19.1 Å². The fraction of sp³-hybridized carbons (Fsp3) is 0.750. The summed E-state index contributed by atoms with van der Waals surface area (Å²) in [6.07, 6.45) is 25.0. The normalized spacial score (nSPS) is 32.8. The van der Waals surface area contributed by atoms with E-state index in [9.17, 15) is 8.78 Å². The number of hydrogen-bond acceptors (Lipinski definition) is 0. The predicted octanol–water partition coefficient (Wildman–Crippen LogP) is 10.2. The van der Waals surface area contributed by atoms with Crippen LogP contribution >= 0.6 is 0 Å². The van der Waals surface area contributed by atoms with Crippen LogP contribution in [0.5, 0.6) is 0 Å². The molecule has 0 aliphatic heterocycles. The minimum atomic E-state index is -0.606. The zero-order valence-electron chi connectivity index (χ0n) is 21.8. The average molecular weight is 471 g/mol. The molecule has 0 spiro atoms. The molecule has 0 heterocycles. The van der Waals surface area contributed by atoms with Gasteiger partial charge in [0.1, 0.15) is 0 Å². The van der Waals surface area contributed by atoms with E-state index < -0.39 is 11.6 Å². The second-order valence-corrected chi connectivity index (χ2v) is 11.9. The summed E-state index contributed by atoms with van der Waals surface area (Å²) < 4.78 is 29.1. The predicted molar refractivity (Wildman–Crippen MR) is 140 cm³/mol. The van der Waals surface area contributed by atoms with Crippen molar-refractivity contribution in [2.45, 2.75) is 122 Å². The van der Waals surface area contributed by atoms with Crippen molar-refractivity contribution in [1.82, 2.24) is 0 Å². The summed E-state index contributed by atoms with van der Waals surface area (Å²) in [6.45, 7) is 4.34. The lowest BCUT2D eigenvalue weighted by Gasteiger charge is -2.37. The highest BCUT2D eigenvalue weighted by atomic mass is 19.2. The van der Waals surface area contributed by atoms with Gasteiger partial charge in [-0.05, 0) is 117 Å². The van der Waals surface area contributed by atoms with Crippen molar-refractivity contribution in [2.75, 3.05) is 0 Å². The van der Waals surface area contributed by atoms with Crippen molar-refractivity contribution in [1.29, 1.82) is 0 Å². The molecule has 3 aliphatic rings. The van der Waals surface area contributed by atoms with Gasteiger partial charge in [-0.15, -0.1) is 0 Å². The summed E-state index contributed by atoms with van der Waals surface area (Å²) in [5, 5.41) is 0. The van der Waals surface area contributed by atoms with E-state index in [1.54, 1.807) is 0 Å². The molecule has 0 bridgehead atoms. The molecule has 3 fully saturated rings. The highest BCUT2D eigenvalue weighted by Crippen LogP contribution is 2.43. The van der Waals surface area contributed by atoms with Gasteiger partial charge in [-0.2, -0.15) is 0 Å². The van der Waals surface area contributed by atoms with Crippen molar-refractivity contribution in [2.24, 2.45) is 29.6 Å². The Bertz CT molecular complexity index is 772. The first-order chi connectivity index (χ1) is 16.6. The molecule has 0 atom stereocenters. The third-order valence-corrected chi connectivity index (χ3v) is 9.65. The Balaban J connectivity index is 1.19. The van der Waals surface area contributed by atoms with E-state index in [0.29, 0.717) is 23.5 Å². The minimum absolute atomic E-state index is 0.178. The van der Waals surface area contributed by atoms with Crippen LogP contribution < -0.4 is 0 Å². The summed E-state index contributed by atoms with van der Waals surface area (Å²) in [6, 6.07) is 3.68. The van der Waals surface area contributed by atoms with Gasteiger partial charge in [0.2, 0.25) is 0 Å². The second-order valence-electron chi connectivity index (χ2n) is 11.9. The zero-order valence-corrected chi connectivity index (χ0v) is 21.8. The van der Waals surface area contributed by atoms with E-state index in [-0.39, 0.29) is 5.92 Å². The zero-order chi connectivity index (χ0) is 23.9. The van der Waals surface area contributed by atoms with E-state index in [4.69, 9.17) is 0 Å². The van der Waals surface area contributed by atoms with E-state index in [2.05, 4.69) is 19.1 Å². The summed E-state index contributed by atoms with van der Waals surface area (Å²) in [7, 11) is 0. The van der Waals surface area contributed by atoms with Crippen LogP contribution in [0, 0.1) is 41.2 Å². The van der Waals surface area contributed by atoms with Gasteiger partial charge in [-0.25, -0.2) is 8.78 Å². The van der Waals surface area contributed by atoms with E-state index >= 15 is 0 Å². The van der Waals surface area contributed by atoms with Gasteiger partial charge in [0, 0.05) is 0 Å². The smallest absolute Gasteiger partial charge is 0.162 e. The van der Waals surface area contributed by atoms with Crippen LogP contribution in [0.15, 0.2) is 24.3 Å². The fourth-order valence-electron chi connectivity index (χ4n) is 7.48. The molecule has 2 heteroatoms. The van der Waals surface area contributed by atoms with Crippen LogP contribution in [0.2, 0.25) is 0 Å². The monoisotopic (exact) mass is 470 g/mol. The molecule has 0 saturated heterocycles. The Morgan fingerprint density at radius 2 is 1.24 bits per heavy atom. The SMILES string of the molecule is CCCc1ccc(C2CCC(/C=C/C3CCC(C4CCC(CCC)CC4)CC3)CC2)c(F)c1F. The number of benzene rings is 1. The number of aryl methyl sites for hydroxylation is 1. The molecule has 0 nitrogen and oxygen atoms in total. The number of hydrogen-bond donors (Lipinski definition) is 0. The van der Waals surface area contributed by atoms with Crippen molar-refractivity contribution in [3.8, 4) is 0 Å². The number of halogens is 2. The first-order valence-electron chi connectivity index (χ1n) is 14.7. The Hall–Kier alpha value is -1.18.